The van der Waals surface area contributed by atoms with E-state index in [0.29, 0.717) is 23.8 Å². The number of halogens is 2. The summed E-state index contributed by atoms with van der Waals surface area (Å²) in [5.74, 6) is 0.271. The van der Waals surface area contributed by atoms with Gasteiger partial charge in [-0.3, -0.25) is 10.3 Å². The molecule has 0 aliphatic carbocycles. The molecule has 0 amide bonds. The zero-order valence-electron chi connectivity index (χ0n) is 16.5. The van der Waals surface area contributed by atoms with Gasteiger partial charge in [0.15, 0.2) is 11.5 Å². The Bertz CT molecular complexity index is 1050. The minimum Gasteiger partial charge on any atom is -0.504 e. The van der Waals surface area contributed by atoms with Gasteiger partial charge < -0.3 is 9.84 Å². The van der Waals surface area contributed by atoms with Crippen LogP contribution in [-0.4, -0.2) is 17.4 Å². The first-order chi connectivity index (χ1) is 14.5. The topological polar surface area (TPSA) is 53.8 Å². The summed E-state index contributed by atoms with van der Waals surface area (Å²) in [6, 6.07) is 19.1. The van der Waals surface area contributed by atoms with E-state index >= 15 is 0 Å². The van der Waals surface area contributed by atoms with Crippen LogP contribution in [0.2, 0.25) is 5.02 Å². The van der Waals surface area contributed by atoms with Crippen molar-refractivity contribution in [1.29, 1.82) is 0 Å². The Morgan fingerprint density at radius 3 is 2.53 bits per heavy atom. The molecule has 2 atom stereocenters. The number of hydrogen-bond donors (Lipinski definition) is 2. The highest BCUT2D eigenvalue weighted by Gasteiger charge is 2.28. The number of nitrogens with one attached hydrogen (secondary N) is 1. The number of para-hydroxylation sites is 1. The van der Waals surface area contributed by atoms with E-state index in [-0.39, 0.29) is 23.8 Å². The molecule has 1 heterocycles. The molecule has 0 saturated carbocycles. The molecule has 154 valence electrons. The lowest BCUT2D eigenvalue weighted by molar-refractivity contribution is 0.313. The number of hydrogen-bond acceptors (Lipinski definition) is 4. The van der Waals surface area contributed by atoms with Crippen LogP contribution in [0.1, 0.15) is 42.2 Å². The van der Waals surface area contributed by atoms with Crippen LogP contribution in [0.3, 0.4) is 0 Å². The molecule has 0 saturated heterocycles. The van der Waals surface area contributed by atoms with Crippen LogP contribution >= 0.6 is 11.6 Å². The summed E-state index contributed by atoms with van der Waals surface area (Å²) in [6.07, 6.45) is 0.188. The van der Waals surface area contributed by atoms with Crippen molar-refractivity contribution in [2.45, 2.75) is 25.6 Å². The molecular weight excluding hydrogens is 403 g/mol. The quantitative estimate of drug-likeness (QED) is 0.543. The monoisotopic (exact) mass is 424 g/mol. The van der Waals surface area contributed by atoms with Crippen molar-refractivity contribution in [3.8, 4) is 11.5 Å². The third kappa shape index (κ3) is 4.32. The molecule has 30 heavy (non-hydrogen) atoms. The Labute approximate surface area is 180 Å². The number of phenolic OH excluding ortho intramolecular Hbond substituents is 1. The molecule has 0 fully saturated rings. The van der Waals surface area contributed by atoms with Gasteiger partial charge in [-0.2, -0.15) is 0 Å². The molecule has 3 aromatic rings. The van der Waals surface area contributed by atoms with E-state index in [2.05, 4.69) is 5.32 Å². The number of nitrogens with zero attached hydrogens (tertiary/aromatic N) is 1. The number of benzene rings is 3. The van der Waals surface area contributed by atoms with Gasteiger partial charge in [-0.1, -0.05) is 48.0 Å². The summed E-state index contributed by atoms with van der Waals surface area (Å²) < 4.78 is 19.0. The van der Waals surface area contributed by atoms with Gasteiger partial charge in [0, 0.05) is 28.8 Å². The normalized spacial score (nSPS) is 18.7. The second-order valence-electron chi connectivity index (χ2n) is 7.09. The first-order valence-corrected chi connectivity index (χ1v) is 10.2. The predicted molar refractivity (Wildman–Crippen MR) is 117 cm³/mol. The second-order valence-corrected chi connectivity index (χ2v) is 7.52. The summed E-state index contributed by atoms with van der Waals surface area (Å²) >= 11 is 6.05. The van der Waals surface area contributed by atoms with Crippen LogP contribution in [0.15, 0.2) is 71.7 Å². The van der Waals surface area contributed by atoms with E-state index in [9.17, 15) is 9.50 Å². The van der Waals surface area contributed by atoms with Gasteiger partial charge in [0.05, 0.1) is 6.61 Å². The van der Waals surface area contributed by atoms with Gasteiger partial charge in [0.25, 0.3) is 0 Å². The molecular formula is C24H22ClFN2O2. The minimum absolute atomic E-state index is 0.118. The summed E-state index contributed by atoms with van der Waals surface area (Å²) in [4.78, 5) is 4.87. The summed E-state index contributed by atoms with van der Waals surface area (Å²) in [5.41, 5.74) is 3.41. The summed E-state index contributed by atoms with van der Waals surface area (Å²) in [5, 5.41) is 14.9. The van der Waals surface area contributed by atoms with Crippen molar-refractivity contribution in [2.24, 2.45) is 4.99 Å². The fraction of sp³-hybridized carbons (Fsp3) is 0.208. The van der Waals surface area contributed by atoms with Gasteiger partial charge >= 0.3 is 0 Å². The molecule has 2 N–H and O–H groups in total. The van der Waals surface area contributed by atoms with E-state index in [4.69, 9.17) is 21.3 Å². The van der Waals surface area contributed by atoms with Gasteiger partial charge in [0.2, 0.25) is 0 Å². The largest absolute Gasteiger partial charge is 0.504 e. The average molecular weight is 425 g/mol. The minimum atomic E-state index is -0.384. The van der Waals surface area contributed by atoms with Gasteiger partial charge in [-0.25, -0.2) is 4.39 Å². The van der Waals surface area contributed by atoms with Crippen LogP contribution in [-0.2, 0) is 0 Å². The molecule has 4 rings (SSSR count). The van der Waals surface area contributed by atoms with E-state index in [1.165, 1.54) is 12.1 Å². The predicted octanol–water partition coefficient (Wildman–Crippen LogP) is 5.81. The number of rotatable bonds is 5. The van der Waals surface area contributed by atoms with Crippen LogP contribution in [0.5, 0.6) is 11.5 Å². The molecule has 0 aromatic heterocycles. The Hall–Kier alpha value is -2.89. The van der Waals surface area contributed by atoms with E-state index in [1.807, 2.05) is 43.3 Å². The first kappa shape index (κ1) is 20.4. The maximum Gasteiger partial charge on any atom is 0.162 e. The van der Waals surface area contributed by atoms with Crippen molar-refractivity contribution in [2.75, 3.05) is 6.61 Å². The Morgan fingerprint density at radius 2 is 1.83 bits per heavy atom. The SMILES string of the molecule is CCOc1cccc([C@@H]2CC(c3ccc(Cl)cc3)=N[C@H](c3ccc(F)cc3)N2)c1O. The average Bonchev–Trinajstić information content (AvgIpc) is 2.76. The van der Waals surface area contributed by atoms with E-state index in [0.717, 1.165) is 22.4 Å². The van der Waals surface area contributed by atoms with Crippen molar-refractivity contribution in [1.82, 2.24) is 5.32 Å². The van der Waals surface area contributed by atoms with Gasteiger partial charge in [0.1, 0.15) is 12.0 Å². The van der Waals surface area contributed by atoms with Crippen LogP contribution in [0, 0.1) is 5.82 Å². The molecule has 0 radical (unpaired) electrons. The Balaban J connectivity index is 1.74. The molecule has 4 nitrogen and oxygen atoms in total. The smallest absolute Gasteiger partial charge is 0.162 e. The number of aromatic hydroxyl groups is 1. The summed E-state index contributed by atoms with van der Waals surface area (Å²) in [6.45, 7) is 2.34. The van der Waals surface area contributed by atoms with Crippen molar-refractivity contribution in [3.05, 3.63) is 94.3 Å². The lowest BCUT2D eigenvalue weighted by Gasteiger charge is -2.31. The Kier molecular flexibility index (Phi) is 6.02. The molecule has 1 aliphatic rings. The van der Waals surface area contributed by atoms with Crippen LogP contribution in [0.4, 0.5) is 4.39 Å². The third-order valence-corrected chi connectivity index (χ3v) is 5.36. The number of phenols is 1. The maximum absolute atomic E-state index is 13.4. The van der Waals surface area contributed by atoms with Gasteiger partial charge in [-0.05, 0) is 48.4 Å². The highest BCUT2D eigenvalue weighted by Crippen LogP contribution is 2.38. The molecule has 3 aromatic carbocycles. The van der Waals surface area contributed by atoms with Crippen LogP contribution in [0.25, 0.3) is 0 Å². The highest BCUT2D eigenvalue weighted by atomic mass is 35.5. The molecule has 0 spiro atoms. The fourth-order valence-corrected chi connectivity index (χ4v) is 3.76. The lowest BCUT2D eigenvalue weighted by Crippen LogP contribution is -2.33. The lowest BCUT2D eigenvalue weighted by atomic mass is 9.93. The van der Waals surface area contributed by atoms with Gasteiger partial charge in [-0.15, -0.1) is 0 Å². The standard InChI is InChI=1S/C24H22ClFN2O2/c1-2-30-22-5-3-4-19(23(22)29)21-14-20(15-6-10-17(25)11-7-15)27-24(28-21)16-8-12-18(26)13-9-16/h3-13,21,24,28-29H,2,14H2,1H3/t21-,24-/m0/s1. The zero-order chi connectivity index (χ0) is 21.1. The van der Waals surface area contributed by atoms with E-state index in [1.54, 1.807) is 18.2 Å². The molecule has 0 unspecified atom stereocenters. The zero-order valence-corrected chi connectivity index (χ0v) is 17.2. The van der Waals surface area contributed by atoms with E-state index < -0.39 is 0 Å². The van der Waals surface area contributed by atoms with Crippen molar-refractivity contribution >= 4 is 17.3 Å². The van der Waals surface area contributed by atoms with Crippen LogP contribution < -0.4 is 10.1 Å². The first-order valence-electron chi connectivity index (χ1n) is 9.84. The molecule has 6 heteroatoms. The highest BCUT2D eigenvalue weighted by molar-refractivity contribution is 6.30. The second kappa shape index (κ2) is 8.86. The third-order valence-electron chi connectivity index (χ3n) is 5.11. The number of aliphatic imine (C=N–C) groups is 1. The molecule has 1 aliphatic heterocycles. The fourth-order valence-electron chi connectivity index (χ4n) is 3.63. The summed E-state index contributed by atoms with van der Waals surface area (Å²) in [7, 11) is 0. The maximum atomic E-state index is 13.4. The molecule has 0 bridgehead atoms. The Morgan fingerprint density at radius 1 is 1.10 bits per heavy atom. The van der Waals surface area contributed by atoms with Crippen molar-refractivity contribution < 1.29 is 14.2 Å². The number of ether oxygens (including phenoxy) is 1. The van der Waals surface area contributed by atoms with Crippen molar-refractivity contribution in [3.63, 3.8) is 0 Å².